The molecule has 2 fully saturated rings. The van der Waals surface area contributed by atoms with E-state index in [0.717, 1.165) is 32.2 Å². The molecule has 1 saturated carbocycles. The summed E-state index contributed by atoms with van der Waals surface area (Å²) in [6.07, 6.45) is 5.70. The van der Waals surface area contributed by atoms with E-state index in [4.69, 9.17) is 10.5 Å². The van der Waals surface area contributed by atoms with Gasteiger partial charge in [0.2, 0.25) is 5.91 Å². The highest BCUT2D eigenvalue weighted by Crippen LogP contribution is 2.24. The molecule has 0 aromatic rings. The van der Waals surface area contributed by atoms with E-state index in [1.165, 1.54) is 25.7 Å². The third-order valence-electron chi connectivity index (χ3n) is 4.51. The van der Waals surface area contributed by atoms with E-state index >= 15 is 0 Å². The van der Waals surface area contributed by atoms with Gasteiger partial charge in [-0.1, -0.05) is 12.8 Å². The number of methoxy groups -OCH3 is 1. The number of carbonyl (C=O) groups excluding carboxylic acids is 1. The average Bonchev–Trinajstić information content (AvgIpc) is 2.99. The van der Waals surface area contributed by atoms with Crippen molar-refractivity contribution in [2.75, 3.05) is 39.8 Å². The second-order valence-electron chi connectivity index (χ2n) is 5.65. The minimum absolute atomic E-state index is 0.139. The lowest BCUT2D eigenvalue weighted by Gasteiger charge is -2.38. The summed E-state index contributed by atoms with van der Waals surface area (Å²) in [4.78, 5) is 16.7. The summed E-state index contributed by atoms with van der Waals surface area (Å²) in [6, 6.07) is 0.771. The summed E-state index contributed by atoms with van der Waals surface area (Å²) in [5.74, 6) is 0.184. The molecule has 1 amide bonds. The van der Waals surface area contributed by atoms with Gasteiger partial charge in [-0.15, -0.1) is 0 Å². The van der Waals surface area contributed by atoms with E-state index in [1.54, 1.807) is 7.11 Å². The minimum Gasteiger partial charge on any atom is -0.380 e. The Kier molecular flexibility index (Phi) is 5.60. The van der Waals surface area contributed by atoms with E-state index in [1.807, 2.05) is 4.90 Å². The molecule has 1 heterocycles. The molecule has 1 aliphatic heterocycles. The fourth-order valence-corrected chi connectivity index (χ4v) is 3.19. The Labute approximate surface area is 116 Å². The van der Waals surface area contributed by atoms with Gasteiger partial charge in [0, 0.05) is 45.9 Å². The summed E-state index contributed by atoms with van der Waals surface area (Å²) in [7, 11) is 1.61. The van der Waals surface area contributed by atoms with Gasteiger partial charge < -0.3 is 15.4 Å². The van der Waals surface area contributed by atoms with Crippen LogP contribution in [0.25, 0.3) is 0 Å². The maximum absolute atomic E-state index is 12.1. The fourth-order valence-electron chi connectivity index (χ4n) is 3.19. The molecule has 2 N–H and O–H groups in total. The van der Waals surface area contributed by atoms with Crippen LogP contribution in [0.15, 0.2) is 0 Å². The van der Waals surface area contributed by atoms with Crippen LogP contribution in [0.4, 0.5) is 0 Å². The number of amides is 1. The molecular weight excluding hydrogens is 242 g/mol. The first-order chi connectivity index (χ1) is 9.24. The van der Waals surface area contributed by atoms with Gasteiger partial charge >= 0.3 is 0 Å². The monoisotopic (exact) mass is 269 g/mol. The Hall–Kier alpha value is -0.650. The predicted molar refractivity (Wildman–Crippen MR) is 74.9 cm³/mol. The van der Waals surface area contributed by atoms with Crippen LogP contribution in [0.3, 0.4) is 0 Å². The summed E-state index contributed by atoms with van der Waals surface area (Å²) in [5, 5.41) is 0. The van der Waals surface area contributed by atoms with Crippen LogP contribution >= 0.6 is 0 Å². The van der Waals surface area contributed by atoms with Crippen molar-refractivity contribution in [2.24, 2.45) is 5.73 Å². The van der Waals surface area contributed by atoms with Gasteiger partial charge in [0.25, 0.3) is 0 Å². The SMILES string of the molecule is COC(CN)CC(=O)N1CCN(C2CCCC2)CC1. The fraction of sp³-hybridized carbons (Fsp3) is 0.929. The number of ether oxygens (including phenoxy) is 1. The molecule has 0 radical (unpaired) electrons. The smallest absolute Gasteiger partial charge is 0.225 e. The molecule has 2 aliphatic rings. The van der Waals surface area contributed by atoms with Crippen molar-refractivity contribution < 1.29 is 9.53 Å². The van der Waals surface area contributed by atoms with Crippen molar-refractivity contribution in [2.45, 2.75) is 44.2 Å². The van der Waals surface area contributed by atoms with Gasteiger partial charge in [-0.3, -0.25) is 9.69 Å². The molecule has 5 nitrogen and oxygen atoms in total. The second kappa shape index (κ2) is 7.22. The number of hydrogen-bond acceptors (Lipinski definition) is 4. The zero-order valence-electron chi connectivity index (χ0n) is 12.0. The van der Waals surface area contributed by atoms with Gasteiger partial charge in [-0.05, 0) is 12.8 Å². The number of nitrogens with two attached hydrogens (primary N) is 1. The van der Waals surface area contributed by atoms with Gasteiger partial charge in [0.1, 0.15) is 0 Å². The van der Waals surface area contributed by atoms with Gasteiger partial charge in [-0.2, -0.15) is 0 Å². The molecule has 0 spiro atoms. The first kappa shape index (κ1) is 14.8. The number of nitrogens with zero attached hydrogens (tertiary/aromatic N) is 2. The molecule has 1 unspecified atom stereocenters. The van der Waals surface area contributed by atoms with E-state index in [2.05, 4.69) is 4.90 Å². The van der Waals surface area contributed by atoms with Crippen molar-refractivity contribution in [3.8, 4) is 0 Å². The largest absolute Gasteiger partial charge is 0.380 e. The molecular formula is C14H27N3O2. The summed E-state index contributed by atoms with van der Waals surface area (Å²) in [6.45, 7) is 4.17. The first-order valence-electron chi connectivity index (χ1n) is 7.49. The van der Waals surface area contributed by atoms with Crippen LogP contribution < -0.4 is 5.73 Å². The molecule has 5 heteroatoms. The lowest BCUT2D eigenvalue weighted by molar-refractivity contribution is -0.135. The van der Waals surface area contributed by atoms with Crippen LogP contribution in [0.2, 0.25) is 0 Å². The summed E-state index contributed by atoms with van der Waals surface area (Å²) in [5.41, 5.74) is 5.56. The topological polar surface area (TPSA) is 58.8 Å². The zero-order chi connectivity index (χ0) is 13.7. The lowest BCUT2D eigenvalue weighted by atomic mass is 10.1. The van der Waals surface area contributed by atoms with Gasteiger partial charge in [-0.25, -0.2) is 0 Å². The summed E-state index contributed by atoms with van der Waals surface area (Å²) < 4.78 is 5.18. The van der Waals surface area contributed by atoms with E-state index in [9.17, 15) is 4.79 Å². The van der Waals surface area contributed by atoms with Crippen molar-refractivity contribution in [3.63, 3.8) is 0 Å². The molecule has 0 aromatic heterocycles. The Balaban J connectivity index is 1.74. The third-order valence-corrected chi connectivity index (χ3v) is 4.51. The molecule has 1 aliphatic carbocycles. The second-order valence-corrected chi connectivity index (χ2v) is 5.65. The average molecular weight is 269 g/mol. The van der Waals surface area contributed by atoms with Crippen molar-refractivity contribution in [3.05, 3.63) is 0 Å². The van der Waals surface area contributed by atoms with Crippen molar-refractivity contribution in [1.82, 2.24) is 9.80 Å². The van der Waals surface area contributed by atoms with Crippen molar-refractivity contribution in [1.29, 1.82) is 0 Å². The van der Waals surface area contributed by atoms with Crippen molar-refractivity contribution >= 4 is 5.91 Å². The van der Waals surface area contributed by atoms with Crippen LogP contribution in [-0.4, -0.2) is 67.7 Å². The highest BCUT2D eigenvalue weighted by Gasteiger charge is 2.28. The van der Waals surface area contributed by atoms with Crippen LogP contribution in [-0.2, 0) is 9.53 Å². The van der Waals surface area contributed by atoms with Gasteiger partial charge in [0.05, 0.1) is 12.5 Å². The lowest BCUT2D eigenvalue weighted by Crippen LogP contribution is -2.52. The van der Waals surface area contributed by atoms with E-state index in [0.29, 0.717) is 13.0 Å². The van der Waals surface area contributed by atoms with E-state index < -0.39 is 0 Å². The zero-order valence-corrected chi connectivity index (χ0v) is 12.0. The summed E-state index contributed by atoms with van der Waals surface area (Å²) >= 11 is 0. The normalized spacial score (nSPS) is 23.8. The Morgan fingerprint density at radius 1 is 1.26 bits per heavy atom. The number of rotatable bonds is 5. The van der Waals surface area contributed by atoms with Crippen LogP contribution in [0.1, 0.15) is 32.1 Å². The third kappa shape index (κ3) is 3.91. The Morgan fingerprint density at radius 3 is 2.42 bits per heavy atom. The predicted octanol–water partition coefficient (Wildman–Crippen LogP) is 0.437. The quantitative estimate of drug-likeness (QED) is 0.786. The number of hydrogen-bond donors (Lipinski definition) is 1. The van der Waals surface area contributed by atoms with Crippen LogP contribution in [0.5, 0.6) is 0 Å². The maximum atomic E-state index is 12.1. The molecule has 0 aromatic carbocycles. The molecule has 19 heavy (non-hydrogen) atoms. The molecule has 1 saturated heterocycles. The molecule has 1 atom stereocenters. The highest BCUT2D eigenvalue weighted by atomic mass is 16.5. The molecule has 2 rings (SSSR count). The van der Waals surface area contributed by atoms with Gasteiger partial charge in [0.15, 0.2) is 0 Å². The number of piperazine rings is 1. The van der Waals surface area contributed by atoms with E-state index in [-0.39, 0.29) is 12.0 Å². The Morgan fingerprint density at radius 2 is 1.89 bits per heavy atom. The first-order valence-corrected chi connectivity index (χ1v) is 7.49. The minimum atomic E-state index is -0.139. The maximum Gasteiger partial charge on any atom is 0.225 e. The standard InChI is InChI=1S/C14H27N3O2/c1-19-13(11-15)10-14(18)17-8-6-16(7-9-17)12-4-2-3-5-12/h12-13H,2-11,15H2,1H3. The Bertz CT molecular complexity index is 280. The highest BCUT2D eigenvalue weighted by molar-refractivity contribution is 5.76. The molecule has 0 bridgehead atoms. The van der Waals surface area contributed by atoms with Crippen LogP contribution in [0, 0.1) is 0 Å². The molecule has 110 valence electrons. The number of carbonyl (C=O) groups is 1.